The van der Waals surface area contributed by atoms with E-state index in [1.807, 2.05) is 12.1 Å². The van der Waals surface area contributed by atoms with Crippen molar-refractivity contribution in [2.24, 2.45) is 16.8 Å². The van der Waals surface area contributed by atoms with Gasteiger partial charge < -0.3 is 10.5 Å². The quantitative estimate of drug-likeness (QED) is 0.577. The van der Waals surface area contributed by atoms with Gasteiger partial charge in [0.25, 0.3) is 0 Å². The molecule has 1 aliphatic rings. The van der Waals surface area contributed by atoms with Gasteiger partial charge in [-0.3, -0.25) is 0 Å². The van der Waals surface area contributed by atoms with Crippen LogP contribution in [0.1, 0.15) is 57.9 Å². The van der Waals surface area contributed by atoms with Crippen molar-refractivity contribution < 1.29 is 26.0 Å². The number of rotatable bonds is 9. The maximum absolute atomic E-state index is 14.8. The van der Waals surface area contributed by atoms with E-state index in [9.17, 15) is 21.2 Å². The molecule has 0 saturated heterocycles. The summed E-state index contributed by atoms with van der Waals surface area (Å²) in [6, 6.07) is 7.18. The van der Waals surface area contributed by atoms with Crippen molar-refractivity contribution in [3.05, 3.63) is 29.8 Å². The molecule has 0 aromatic heterocycles. The van der Waals surface area contributed by atoms with Crippen molar-refractivity contribution in [2.75, 3.05) is 6.61 Å². The van der Waals surface area contributed by atoms with Gasteiger partial charge in [-0.15, -0.1) is 0 Å². The second-order valence-corrected chi connectivity index (χ2v) is 13.2. The average molecular weight is 465 g/mol. The van der Waals surface area contributed by atoms with E-state index in [1.165, 1.54) is 6.92 Å². The van der Waals surface area contributed by atoms with E-state index >= 15 is 0 Å². The van der Waals surface area contributed by atoms with Gasteiger partial charge in [-0.05, 0) is 69.9 Å². The molecule has 1 aromatic rings. The molecule has 0 spiro atoms. The third-order valence-corrected chi connectivity index (χ3v) is 9.55. The molecule has 0 aliphatic heterocycles. The van der Waals surface area contributed by atoms with Crippen LogP contribution < -0.4 is 15.6 Å². The highest BCUT2D eigenvalue weighted by Gasteiger charge is 2.35. The highest BCUT2D eigenvalue weighted by Crippen LogP contribution is 2.42. The highest BCUT2D eigenvalue weighted by atomic mass is 32.2. The Balaban J connectivity index is 2.06. The number of sulfonamides is 1. The van der Waals surface area contributed by atoms with Gasteiger partial charge in [-0.2, -0.15) is 0 Å². The minimum Gasteiger partial charge on any atom is -0.491 e. The summed E-state index contributed by atoms with van der Waals surface area (Å²) in [4.78, 5) is 0. The molecule has 2 rings (SSSR count). The van der Waals surface area contributed by atoms with Crippen LogP contribution in [-0.4, -0.2) is 45.5 Å². The lowest BCUT2D eigenvalue weighted by Crippen LogP contribution is -2.40. The number of benzene rings is 1. The van der Waals surface area contributed by atoms with Gasteiger partial charge in [-0.1, -0.05) is 18.2 Å². The number of ether oxygens (including phenoxy) is 1. The normalized spacial score (nSPS) is 25.1. The van der Waals surface area contributed by atoms with Gasteiger partial charge >= 0.3 is 0 Å². The fourth-order valence-corrected chi connectivity index (χ4v) is 5.32. The van der Waals surface area contributed by atoms with Crippen molar-refractivity contribution in [3.63, 3.8) is 0 Å². The predicted octanol–water partition coefficient (Wildman–Crippen LogP) is 2.46. The molecular weight excluding hydrogens is 431 g/mol. The van der Waals surface area contributed by atoms with E-state index in [-0.39, 0.29) is 31.3 Å². The molecule has 1 saturated carbocycles. The second kappa shape index (κ2) is 9.93. The number of para-hydroxylation sites is 1. The lowest BCUT2D eigenvalue weighted by Gasteiger charge is -2.33. The third-order valence-electron chi connectivity index (χ3n) is 5.94. The largest absolute Gasteiger partial charge is 0.491 e. The first kappa shape index (κ1) is 25.0. The van der Waals surface area contributed by atoms with E-state index in [1.54, 1.807) is 26.0 Å². The van der Waals surface area contributed by atoms with Crippen LogP contribution in [0.2, 0.25) is 0 Å². The van der Waals surface area contributed by atoms with E-state index in [0.29, 0.717) is 18.6 Å². The minimum atomic E-state index is -3.68. The maximum atomic E-state index is 14.8. The Morgan fingerprint density at radius 3 is 2.33 bits per heavy atom. The van der Waals surface area contributed by atoms with Crippen molar-refractivity contribution in [3.8, 4) is 5.75 Å². The van der Waals surface area contributed by atoms with Crippen molar-refractivity contribution >= 4 is 19.9 Å². The number of hydrogen-bond acceptors (Lipinski definition) is 6. The van der Waals surface area contributed by atoms with Crippen molar-refractivity contribution in [1.82, 2.24) is 0 Å². The number of hydrogen-bond donors (Lipinski definition) is 2. The maximum Gasteiger partial charge on any atom is 0.211 e. The Labute approximate surface area is 179 Å². The summed E-state index contributed by atoms with van der Waals surface area (Å²) in [6.07, 6.45) is 0.524. The van der Waals surface area contributed by atoms with Crippen molar-refractivity contribution in [1.29, 1.82) is 0 Å². The van der Waals surface area contributed by atoms with Crippen LogP contribution in [0.15, 0.2) is 24.3 Å². The summed E-state index contributed by atoms with van der Waals surface area (Å²) in [7, 11) is -7.17. The monoisotopic (exact) mass is 464 g/mol. The van der Waals surface area contributed by atoms with Crippen molar-refractivity contribution in [2.45, 2.75) is 74.4 Å². The smallest absolute Gasteiger partial charge is 0.211 e. The molecule has 1 fully saturated rings. The Morgan fingerprint density at radius 2 is 1.77 bits per heavy atom. The molecule has 0 bridgehead atoms. The summed E-state index contributed by atoms with van der Waals surface area (Å²) in [6.45, 7) is 4.46. The highest BCUT2D eigenvalue weighted by molar-refractivity contribution is 7.92. The SMILES string of the molecule is CC(CC1CCC(c2ccccc2OCC(N)S(=O)(=O)C(C)C)CC1F)S(N)(=O)=O. The van der Waals surface area contributed by atoms with Gasteiger partial charge in [0, 0.05) is 0 Å². The standard InChI is InChI=1S/C20H33FN2O5S2/c1-13(2)29(24,25)20(22)12-28-19-7-5-4-6-17(19)15-8-9-16(18(21)11-15)10-14(3)30(23,26)27/h4-7,13-16,18,20H,8-12,22H2,1-3H3,(H2,23,26,27). The molecule has 10 heteroatoms. The number of primary sulfonamides is 1. The molecule has 0 radical (unpaired) electrons. The molecule has 172 valence electrons. The predicted molar refractivity (Wildman–Crippen MR) is 116 cm³/mol. The number of alkyl halides is 1. The van der Waals surface area contributed by atoms with Crippen LogP contribution in [0.5, 0.6) is 5.75 Å². The first-order valence-electron chi connectivity index (χ1n) is 10.2. The first-order chi connectivity index (χ1) is 13.8. The van der Waals surface area contributed by atoms with Crippen LogP contribution >= 0.6 is 0 Å². The Morgan fingerprint density at radius 1 is 1.13 bits per heavy atom. The summed E-state index contributed by atoms with van der Waals surface area (Å²) < 4.78 is 67.9. The second-order valence-electron chi connectivity index (χ2n) is 8.45. The van der Waals surface area contributed by atoms with Gasteiger partial charge in [0.2, 0.25) is 10.0 Å². The number of sulfone groups is 1. The number of nitrogens with two attached hydrogens (primary N) is 2. The van der Waals surface area contributed by atoms with Crippen LogP contribution in [0, 0.1) is 5.92 Å². The molecule has 5 unspecified atom stereocenters. The summed E-state index contributed by atoms with van der Waals surface area (Å²) in [5, 5.41) is 2.64. The zero-order valence-electron chi connectivity index (χ0n) is 17.7. The molecule has 30 heavy (non-hydrogen) atoms. The molecular formula is C20H33FN2O5S2. The average Bonchev–Trinajstić information content (AvgIpc) is 2.66. The lowest BCUT2D eigenvalue weighted by molar-refractivity contribution is 0.142. The van der Waals surface area contributed by atoms with Gasteiger partial charge in [0.15, 0.2) is 9.84 Å². The summed E-state index contributed by atoms with van der Waals surface area (Å²) in [5.41, 5.74) is 6.63. The van der Waals surface area contributed by atoms with E-state index < -0.39 is 41.9 Å². The van der Waals surface area contributed by atoms with Crippen LogP contribution in [0.3, 0.4) is 0 Å². The van der Waals surface area contributed by atoms with E-state index in [2.05, 4.69) is 0 Å². The van der Waals surface area contributed by atoms with Crippen LogP contribution in [-0.2, 0) is 19.9 Å². The molecule has 0 amide bonds. The Hall–Kier alpha value is -1.23. The molecule has 1 aliphatic carbocycles. The molecule has 5 atom stereocenters. The van der Waals surface area contributed by atoms with Gasteiger partial charge in [0.05, 0.1) is 10.5 Å². The number of halogens is 1. The third kappa shape index (κ3) is 6.15. The summed E-state index contributed by atoms with van der Waals surface area (Å²) in [5.74, 6) is 0.0443. The topological polar surface area (TPSA) is 130 Å². The molecule has 4 N–H and O–H groups in total. The Kier molecular flexibility index (Phi) is 8.29. The zero-order valence-corrected chi connectivity index (χ0v) is 19.3. The minimum absolute atomic E-state index is 0.102. The first-order valence-corrected chi connectivity index (χ1v) is 13.4. The van der Waals surface area contributed by atoms with E-state index in [4.69, 9.17) is 15.6 Å². The van der Waals surface area contributed by atoms with Gasteiger partial charge in [0.1, 0.15) is 23.9 Å². The zero-order chi connectivity index (χ0) is 22.7. The fourth-order valence-electron chi connectivity index (χ4n) is 3.85. The Bertz CT molecular complexity index is 921. The lowest BCUT2D eigenvalue weighted by atomic mass is 9.76. The van der Waals surface area contributed by atoms with Crippen LogP contribution in [0.25, 0.3) is 0 Å². The molecule has 1 aromatic carbocycles. The molecule has 0 heterocycles. The summed E-state index contributed by atoms with van der Waals surface area (Å²) >= 11 is 0. The molecule has 7 nitrogen and oxygen atoms in total. The van der Waals surface area contributed by atoms with Crippen LogP contribution in [0.4, 0.5) is 4.39 Å². The van der Waals surface area contributed by atoms with E-state index in [0.717, 1.165) is 5.56 Å². The van der Waals surface area contributed by atoms with Gasteiger partial charge in [-0.25, -0.2) is 26.4 Å². The fraction of sp³-hybridized carbons (Fsp3) is 0.700.